The zero-order chi connectivity index (χ0) is 9.84. The second kappa shape index (κ2) is 3.84. The van der Waals surface area contributed by atoms with E-state index >= 15 is 0 Å². The third-order valence-corrected chi connectivity index (χ3v) is 1.54. The summed E-state index contributed by atoms with van der Waals surface area (Å²) in [6.45, 7) is 3.48. The van der Waals surface area contributed by atoms with E-state index in [1.54, 1.807) is 19.1 Å². The van der Waals surface area contributed by atoms with Crippen LogP contribution in [0.2, 0.25) is 0 Å². The number of hydrogen-bond acceptors (Lipinski definition) is 4. The van der Waals surface area contributed by atoms with Crippen molar-refractivity contribution in [2.24, 2.45) is 0 Å². The fourth-order valence-electron chi connectivity index (χ4n) is 0.939. The van der Waals surface area contributed by atoms with Gasteiger partial charge >= 0.3 is 5.69 Å². The Labute approximate surface area is 75.2 Å². The van der Waals surface area contributed by atoms with Crippen molar-refractivity contribution >= 4 is 11.8 Å². The minimum absolute atomic E-state index is 0.0512. The quantitative estimate of drug-likeness (QED) is 0.531. The molecular formula is C8H10N2O3. The first kappa shape index (κ1) is 9.44. The Morgan fingerprint density at radius 1 is 1.69 bits per heavy atom. The Hall–Kier alpha value is -1.65. The first-order chi connectivity index (χ1) is 6.16. The largest absolute Gasteiger partial charge is 0.349 e. The summed E-state index contributed by atoms with van der Waals surface area (Å²) in [6.07, 6.45) is 4.15. The lowest BCUT2D eigenvalue weighted by atomic mass is 10.3. The number of hydrogen-bond donors (Lipinski definition) is 0. The van der Waals surface area contributed by atoms with Crippen molar-refractivity contribution in [1.82, 2.24) is 5.16 Å². The molecular weight excluding hydrogens is 172 g/mol. The summed E-state index contributed by atoms with van der Waals surface area (Å²) >= 11 is 0. The molecule has 13 heavy (non-hydrogen) atoms. The lowest BCUT2D eigenvalue weighted by Gasteiger charge is -1.86. The number of allylic oxidation sites excluding steroid dienone is 1. The van der Waals surface area contributed by atoms with Gasteiger partial charge in [-0.2, -0.15) is 0 Å². The molecule has 0 unspecified atom stereocenters. The highest BCUT2D eigenvalue weighted by Crippen LogP contribution is 2.23. The molecule has 5 heteroatoms. The summed E-state index contributed by atoms with van der Waals surface area (Å²) in [5, 5.41) is 14.1. The van der Waals surface area contributed by atoms with Gasteiger partial charge in [0, 0.05) is 0 Å². The van der Waals surface area contributed by atoms with E-state index in [0.717, 1.165) is 6.42 Å². The molecule has 70 valence electrons. The van der Waals surface area contributed by atoms with Crippen LogP contribution in [0.3, 0.4) is 0 Å². The summed E-state index contributed by atoms with van der Waals surface area (Å²) in [5.41, 5.74) is 0.255. The molecule has 0 spiro atoms. The third kappa shape index (κ3) is 1.93. The molecule has 0 saturated heterocycles. The fourth-order valence-corrected chi connectivity index (χ4v) is 0.939. The van der Waals surface area contributed by atoms with Crippen molar-refractivity contribution in [2.45, 2.75) is 20.3 Å². The van der Waals surface area contributed by atoms with Crippen molar-refractivity contribution in [2.75, 3.05) is 0 Å². The van der Waals surface area contributed by atoms with Crippen LogP contribution < -0.4 is 0 Å². The van der Waals surface area contributed by atoms with Gasteiger partial charge in [-0.05, 0) is 19.4 Å². The Morgan fingerprint density at radius 3 is 2.92 bits per heavy atom. The van der Waals surface area contributed by atoms with Gasteiger partial charge in [0.1, 0.15) is 0 Å². The van der Waals surface area contributed by atoms with Crippen LogP contribution in [0.15, 0.2) is 10.6 Å². The van der Waals surface area contributed by atoms with Gasteiger partial charge in [0.05, 0.1) is 4.92 Å². The molecule has 0 saturated carbocycles. The number of nitrogens with zero attached hydrogens (tertiary/aromatic N) is 2. The first-order valence-corrected chi connectivity index (χ1v) is 3.94. The Kier molecular flexibility index (Phi) is 2.79. The topological polar surface area (TPSA) is 69.2 Å². The van der Waals surface area contributed by atoms with E-state index < -0.39 is 4.92 Å². The number of rotatable bonds is 3. The van der Waals surface area contributed by atoms with Crippen LogP contribution in [0.25, 0.3) is 6.08 Å². The molecule has 0 N–H and O–H groups in total. The van der Waals surface area contributed by atoms with Crippen LogP contribution >= 0.6 is 0 Å². The Morgan fingerprint density at radius 2 is 2.38 bits per heavy atom. The van der Waals surface area contributed by atoms with Crippen molar-refractivity contribution in [3.05, 3.63) is 27.6 Å². The number of nitro groups is 1. The molecule has 1 aromatic rings. The lowest BCUT2D eigenvalue weighted by Crippen LogP contribution is -1.89. The molecule has 0 atom stereocenters. The molecule has 1 heterocycles. The summed E-state index contributed by atoms with van der Waals surface area (Å²) in [4.78, 5) is 10.1. The predicted molar refractivity (Wildman–Crippen MR) is 47.2 cm³/mol. The van der Waals surface area contributed by atoms with Gasteiger partial charge in [-0.25, -0.2) is 0 Å². The van der Waals surface area contributed by atoms with E-state index in [1.165, 1.54) is 0 Å². The average molecular weight is 182 g/mol. The van der Waals surface area contributed by atoms with E-state index in [9.17, 15) is 10.1 Å². The highest BCUT2D eigenvalue weighted by Gasteiger charge is 2.21. The molecule has 0 aliphatic heterocycles. The molecule has 0 aliphatic rings. The van der Waals surface area contributed by atoms with Gasteiger partial charge in [0.15, 0.2) is 5.69 Å². The summed E-state index contributed by atoms with van der Waals surface area (Å²) < 4.78 is 4.78. The molecule has 0 bridgehead atoms. The zero-order valence-corrected chi connectivity index (χ0v) is 7.48. The highest BCUT2D eigenvalue weighted by molar-refractivity contribution is 5.56. The molecule has 0 radical (unpaired) electrons. The van der Waals surface area contributed by atoms with Crippen molar-refractivity contribution in [3.8, 4) is 0 Å². The standard InChI is InChI=1S/C8H10N2O3/c1-3-4-5-7-8(10(11)12)6(2)9-13-7/h4-5H,3H2,1-2H3/b5-4+. The van der Waals surface area contributed by atoms with Gasteiger partial charge in [-0.1, -0.05) is 18.2 Å². The SMILES string of the molecule is CC/C=C/c1onc(C)c1[N+](=O)[O-]. The molecule has 1 rings (SSSR count). The van der Waals surface area contributed by atoms with E-state index in [2.05, 4.69) is 5.16 Å². The second-order valence-corrected chi connectivity index (χ2v) is 2.55. The minimum atomic E-state index is -0.485. The highest BCUT2D eigenvalue weighted by atomic mass is 16.6. The van der Waals surface area contributed by atoms with Crippen LogP contribution in [0, 0.1) is 17.0 Å². The molecule has 0 aliphatic carbocycles. The van der Waals surface area contributed by atoms with Crippen molar-refractivity contribution in [3.63, 3.8) is 0 Å². The maximum atomic E-state index is 10.5. The van der Waals surface area contributed by atoms with Gasteiger partial charge in [-0.15, -0.1) is 0 Å². The lowest BCUT2D eigenvalue weighted by molar-refractivity contribution is -0.386. The Bertz CT molecular complexity index is 341. The fraction of sp³-hybridized carbons (Fsp3) is 0.375. The first-order valence-electron chi connectivity index (χ1n) is 3.94. The van der Waals surface area contributed by atoms with Crippen LogP contribution in [0.5, 0.6) is 0 Å². The number of aromatic nitrogens is 1. The second-order valence-electron chi connectivity index (χ2n) is 2.55. The Balaban J connectivity index is 3.07. The molecule has 1 aromatic heterocycles. The van der Waals surface area contributed by atoms with Gasteiger partial charge in [0.25, 0.3) is 0 Å². The summed E-state index contributed by atoms with van der Waals surface area (Å²) in [7, 11) is 0. The summed E-state index contributed by atoms with van der Waals surface area (Å²) in [6, 6.07) is 0. The average Bonchev–Trinajstić information content (AvgIpc) is 2.43. The van der Waals surface area contributed by atoms with Crippen LogP contribution in [-0.2, 0) is 0 Å². The molecule has 0 amide bonds. The van der Waals surface area contributed by atoms with Crippen molar-refractivity contribution < 1.29 is 9.45 Å². The van der Waals surface area contributed by atoms with Gasteiger partial charge < -0.3 is 4.52 Å². The van der Waals surface area contributed by atoms with Crippen molar-refractivity contribution in [1.29, 1.82) is 0 Å². The minimum Gasteiger partial charge on any atom is -0.349 e. The zero-order valence-electron chi connectivity index (χ0n) is 7.48. The van der Waals surface area contributed by atoms with E-state index in [1.807, 2.05) is 6.92 Å². The van der Waals surface area contributed by atoms with E-state index in [4.69, 9.17) is 4.52 Å². The van der Waals surface area contributed by atoms with Crippen LogP contribution in [0.1, 0.15) is 24.8 Å². The van der Waals surface area contributed by atoms with Crippen LogP contribution in [0.4, 0.5) is 5.69 Å². The molecule has 5 nitrogen and oxygen atoms in total. The van der Waals surface area contributed by atoms with Gasteiger partial charge in [0.2, 0.25) is 5.76 Å². The van der Waals surface area contributed by atoms with Gasteiger partial charge in [-0.3, -0.25) is 10.1 Å². The normalized spacial score (nSPS) is 10.9. The van der Waals surface area contributed by atoms with E-state index in [0.29, 0.717) is 5.69 Å². The number of aryl methyl sites for hydroxylation is 1. The molecule has 0 aromatic carbocycles. The maximum Gasteiger partial charge on any atom is 0.338 e. The smallest absolute Gasteiger partial charge is 0.338 e. The monoisotopic (exact) mass is 182 g/mol. The molecule has 0 fully saturated rings. The predicted octanol–water partition coefficient (Wildman–Crippen LogP) is 2.31. The van der Waals surface area contributed by atoms with Crippen LogP contribution in [-0.4, -0.2) is 10.1 Å². The summed E-state index contributed by atoms with van der Waals surface area (Å²) in [5.74, 6) is 0.212. The van der Waals surface area contributed by atoms with E-state index in [-0.39, 0.29) is 11.4 Å². The maximum absolute atomic E-state index is 10.5. The third-order valence-electron chi connectivity index (χ3n) is 1.54.